The highest BCUT2D eigenvalue weighted by atomic mass is 32.1. The molecule has 0 atom stereocenters. The lowest BCUT2D eigenvalue weighted by atomic mass is 9.85. The highest BCUT2D eigenvalue weighted by Gasteiger charge is 2.43. The Morgan fingerprint density at radius 2 is 2.18 bits per heavy atom. The summed E-state index contributed by atoms with van der Waals surface area (Å²) in [4.78, 5) is 33.0. The van der Waals surface area contributed by atoms with Crippen LogP contribution in [0.1, 0.15) is 56.7 Å². The van der Waals surface area contributed by atoms with Crippen LogP contribution in [0.3, 0.4) is 0 Å². The van der Waals surface area contributed by atoms with Crippen molar-refractivity contribution in [2.45, 2.75) is 38.2 Å². The fraction of sp³-hybridized carbons (Fsp3) is 0.476. The number of carbonyl (C=O) groups is 2. The Balaban J connectivity index is 1.50. The first-order valence-electron chi connectivity index (χ1n) is 9.87. The number of aromatic nitrogens is 1. The van der Waals surface area contributed by atoms with E-state index in [0.717, 1.165) is 30.6 Å². The van der Waals surface area contributed by atoms with Gasteiger partial charge < -0.3 is 15.0 Å². The second-order valence-corrected chi connectivity index (χ2v) is 8.40. The van der Waals surface area contributed by atoms with E-state index in [-0.39, 0.29) is 17.4 Å². The molecule has 1 saturated heterocycles. The number of rotatable bonds is 4. The molecule has 0 bridgehead atoms. The number of pyridine rings is 1. The maximum Gasteiger partial charge on any atom is 0.261 e. The van der Waals surface area contributed by atoms with Crippen molar-refractivity contribution in [2.24, 2.45) is 0 Å². The fourth-order valence-electron chi connectivity index (χ4n) is 3.97. The van der Waals surface area contributed by atoms with Crippen LogP contribution in [0.4, 0.5) is 0 Å². The summed E-state index contributed by atoms with van der Waals surface area (Å²) < 4.78 is 6.27. The first-order valence-corrected chi connectivity index (χ1v) is 10.7. The fourth-order valence-corrected chi connectivity index (χ4v) is 5.30. The molecular weight excluding hydrogens is 374 g/mol. The van der Waals surface area contributed by atoms with E-state index in [4.69, 9.17) is 4.74 Å². The Morgan fingerprint density at radius 3 is 2.89 bits per heavy atom. The Hall–Kier alpha value is -2.25. The van der Waals surface area contributed by atoms with E-state index in [9.17, 15) is 9.59 Å². The maximum absolute atomic E-state index is 12.7. The van der Waals surface area contributed by atoms with Gasteiger partial charge in [-0.25, -0.2) is 0 Å². The zero-order valence-corrected chi connectivity index (χ0v) is 16.9. The number of hydrogen-bond acceptors (Lipinski definition) is 5. The lowest BCUT2D eigenvalue weighted by Gasteiger charge is -2.43. The molecule has 7 heteroatoms. The smallest absolute Gasteiger partial charge is 0.261 e. The van der Waals surface area contributed by atoms with E-state index in [2.05, 4.69) is 10.3 Å². The molecule has 1 fully saturated rings. The van der Waals surface area contributed by atoms with Gasteiger partial charge >= 0.3 is 0 Å². The molecule has 0 saturated carbocycles. The van der Waals surface area contributed by atoms with Gasteiger partial charge in [-0.1, -0.05) is 6.92 Å². The molecular formula is C21H25N3O3S. The number of piperidine rings is 1. The van der Waals surface area contributed by atoms with E-state index in [1.54, 1.807) is 35.9 Å². The normalized spacial score (nSPS) is 18.0. The quantitative estimate of drug-likeness (QED) is 0.858. The van der Waals surface area contributed by atoms with Crippen molar-refractivity contribution in [1.29, 1.82) is 0 Å². The third kappa shape index (κ3) is 3.56. The number of nitrogens with zero attached hydrogens (tertiary/aromatic N) is 2. The number of hydrogen-bond donors (Lipinski definition) is 1. The van der Waals surface area contributed by atoms with Gasteiger partial charge in [-0.15, -0.1) is 11.3 Å². The van der Waals surface area contributed by atoms with Crippen LogP contribution in [0.5, 0.6) is 0 Å². The monoisotopic (exact) mass is 399 g/mol. The van der Waals surface area contributed by atoms with Crippen molar-refractivity contribution in [1.82, 2.24) is 15.2 Å². The molecule has 148 valence electrons. The summed E-state index contributed by atoms with van der Waals surface area (Å²) in [5.41, 5.74) is 1.48. The van der Waals surface area contributed by atoms with Gasteiger partial charge in [0.1, 0.15) is 5.60 Å². The van der Waals surface area contributed by atoms with Crippen LogP contribution >= 0.6 is 11.3 Å². The number of thiophene rings is 1. The predicted octanol–water partition coefficient (Wildman–Crippen LogP) is 2.99. The van der Waals surface area contributed by atoms with Gasteiger partial charge in [0.15, 0.2) is 0 Å². The van der Waals surface area contributed by atoms with E-state index in [0.29, 0.717) is 31.8 Å². The average molecular weight is 400 g/mol. The molecule has 1 N–H and O–H groups in total. The molecule has 0 radical (unpaired) electrons. The van der Waals surface area contributed by atoms with E-state index < -0.39 is 0 Å². The van der Waals surface area contributed by atoms with Crippen molar-refractivity contribution in [3.63, 3.8) is 0 Å². The third-order valence-electron chi connectivity index (χ3n) is 5.50. The highest BCUT2D eigenvalue weighted by Crippen LogP contribution is 2.45. The summed E-state index contributed by atoms with van der Waals surface area (Å²) in [6.07, 6.45) is 6.55. The Morgan fingerprint density at radius 1 is 1.36 bits per heavy atom. The van der Waals surface area contributed by atoms with Crippen LogP contribution in [0, 0.1) is 0 Å². The summed E-state index contributed by atoms with van der Waals surface area (Å²) in [6, 6.07) is 5.61. The third-order valence-corrected chi connectivity index (χ3v) is 6.86. The van der Waals surface area contributed by atoms with Gasteiger partial charge in [0.2, 0.25) is 0 Å². The van der Waals surface area contributed by atoms with Gasteiger partial charge in [0.25, 0.3) is 11.8 Å². The maximum atomic E-state index is 12.7. The minimum Gasteiger partial charge on any atom is -0.369 e. The number of fused-ring (bicyclic) bond motifs is 2. The molecule has 2 amide bonds. The summed E-state index contributed by atoms with van der Waals surface area (Å²) in [6.45, 7) is 4.68. The summed E-state index contributed by atoms with van der Waals surface area (Å²) in [7, 11) is 0. The molecule has 6 nitrogen and oxygen atoms in total. The molecule has 0 unspecified atom stereocenters. The summed E-state index contributed by atoms with van der Waals surface area (Å²) >= 11 is 1.55. The van der Waals surface area contributed by atoms with Gasteiger partial charge in [0, 0.05) is 36.9 Å². The predicted molar refractivity (Wildman–Crippen MR) is 108 cm³/mol. The van der Waals surface area contributed by atoms with E-state index >= 15 is 0 Å². The number of carbonyl (C=O) groups excluding carboxylic acids is 2. The average Bonchev–Trinajstić information content (AvgIpc) is 3.19. The Bertz CT molecular complexity index is 857. The van der Waals surface area contributed by atoms with E-state index in [1.165, 1.54) is 10.4 Å². The van der Waals surface area contributed by atoms with Crippen molar-refractivity contribution in [2.75, 3.05) is 26.2 Å². The standard InChI is InChI=1S/C21H25N3O3S/c1-2-8-23-19(25)17-13-15-5-12-27-21(18(15)28-17)6-10-24(11-7-21)20(26)16-4-3-9-22-14-16/h3-4,9,13-14H,2,5-8,10-12H2,1H3,(H,23,25). The molecule has 1 spiro atoms. The van der Waals surface area contributed by atoms with Crippen LogP contribution in [0.15, 0.2) is 30.6 Å². The van der Waals surface area contributed by atoms with Crippen LogP contribution in [-0.4, -0.2) is 47.9 Å². The SMILES string of the molecule is CCCNC(=O)c1cc2c(s1)C1(CCN(C(=O)c3cccnc3)CC1)OCC2. The molecule has 4 heterocycles. The molecule has 4 rings (SSSR count). The van der Waals surface area contributed by atoms with Gasteiger partial charge in [-0.05, 0) is 49.4 Å². The molecule has 0 aliphatic carbocycles. The van der Waals surface area contributed by atoms with Crippen molar-refractivity contribution < 1.29 is 14.3 Å². The summed E-state index contributed by atoms with van der Waals surface area (Å²) in [5, 5.41) is 2.96. The zero-order valence-electron chi connectivity index (χ0n) is 16.1. The number of likely N-dealkylation sites (tertiary alicyclic amines) is 1. The molecule has 28 heavy (non-hydrogen) atoms. The van der Waals surface area contributed by atoms with Crippen molar-refractivity contribution in [3.05, 3.63) is 51.5 Å². The van der Waals surface area contributed by atoms with Crippen LogP contribution in [0.2, 0.25) is 0 Å². The first-order chi connectivity index (χ1) is 13.6. The lowest BCUT2D eigenvalue weighted by molar-refractivity contribution is -0.0906. The highest BCUT2D eigenvalue weighted by molar-refractivity contribution is 7.14. The topological polar surface area (TPSA) is 71.5 Å². The van der Waals surface area contributed by atoms with Crippen LogP contribution in [0.25, 0.3) is 0 Å². The van der Waals surface area contributed by atoms with Crippen molar-refractivity contribution >= 4 is 23.2 Å². The zero-order chi connectivity index (χ0) is 19.6. The summed E-state index contributed by atoms with van der Waals surface area (Å²) in [5.74, 6) is 0.0189. The van der Waals surface area contributed by atoms with Gasteiger partial charge in [-0.3, -0.25) is 14.6 Å². The second kappa shape index (κ2) is 8.01. The second-order valence-electron chi connectivity index (χ2n) is 7.35. The number of amides is 2. The number of nitrogens with one attached hydrogen (secondary N) is 1. The van der Waals surface area contributed by atoms with Gasteiger partial charge in [-0.2, -0.15) is 0 Å². The minimum absolute atomic E-state index is 0.000548. The first kappa shape index (κ1) is 19.1. The Kier molecular flexibility index (Phi) is 5.46. The lowest BCUT2D eigenvalue weighted by Crippen LogP contribution is -2.47. The minimum atomic E-state index is -0.368. The largest absolute Gasteiger partial charge is 0.369 e. The molecule has 0 aromatic carbocycles. The molecule has 2 aliphatic heterocycles. The van der Waals surface area contributed by atoms with E-state index in [1.807, 2.05) is 17.9 Å². The van der Waals surface area contributed by atoms with Crippen molar-refractivity contribution in [3.8, 4) is 0 Å². The number of ether oxygens (including phenoxy) is 1. The molecule has 2 aliphatic rings. The van der Waals surface area contributed by atoms with Gasteiger partial charge in [0.05, 0.1) is 17.0 Å². The van der Waals surface area contributed by atoms with Crippen LogP contribution in [-0.2, 0) is 16.8 Å². The molecule has 2 aromatic heterocycles. The van der Waals surface area contributed by atoms with Crippen LogP contribution < -0.4 is 5.32 Å². The Labute approximate surface area is 168 Å². The molecule has 2 aromatic rings.